The highest BCUT2D eigenvalue weighted by atomic mass is 16.5. The second-order valence-electron chi connectivity index (χ2n) is 9.61. The molecule has 9 heteroatoms. The van der Waals surface area contributed by atoms with Crippen molar-refractivity contribution in [3.8, 4) is 5.75 Å². The van der Waals surface area contributed by atoms with E-state index >= 15 is 0 Å². The van der Waals surface area contributed by atoms with Crippen LogP contribution in [0, 0.1) is 0 Å². The Morgan fingerprint density at radius 2 is 2.06 bits per heavy atom. The van der Waals surface area contributed by atoms with E-state index in [1.807, 2.05) is 23.1 Å². The summed E-state index contributed by atoms with van der Waals surface area (Å²) in [7, 11) is 1.60. The second kappa shape index (κ2) is 9.30. The van der Waals surface area contributed by atoms with E-state index in [0.29, 0.717) is 37.6 Å². The van der Waals surface area contributed by atoms with Gasteiger partial charge in [0.1, 0.15) is 5.75 Å². The zero-order valence-corrected chi connectivity index (χ0v) is 19.3. The standard InChI is InChI=1S/C24H33N5O4/c1-32-18-6-7-20-19(12-18)22(27-26-20)23(31)25-17-13-24(33-15-17)8-11-29(16-24)21(30)14-28-9-4-2-3-5-10-28/h6-7,12,17H,2-5,8-11,13-16H2,1H3,(H,25,31)(H,26,27). The van der Waals surface area contributed by atoms with E-state index in [-0.39, 0.29) is 23.5 Å². The molecule has 1 aromatic heterocycles. The fraction of sp³-hybridized carbons (Fsp3) is 0.625. The van der Waals surface area contributed by atoms with E-state index in [2.05, 4.69) is 20.4 Å². The Kier molecular flexibility index (Phi) is 6.25. The number of likely N-dealkylation sites (tertiary alicyclic amines) is 2. The Hall–Kier alpha value is -2.65. The molecule has 2 unspecified atom stereocenters. The third-order valence-corrected chi connectivity index (χ3v) is 7.26. The Balaban J connectivity index is 1.17. The number of fused-ring (bicyclic) bond motifs is 1. The Morgan fingerprint density at radius 3 is 2.85 bits per heavy atom. The molecule has 0 radical (unpaired) electrons. The maximum Gasteiger partial charge on any atom is 0.272 e. The largest absolute Gasteiger partial charge is 0.497 e. The van der Waals surface area contributed by atoms with E-state index in [1.54, 1.807) is 7.11 Å². The third-order valence-electron chi connectivity index (χ3n) is 7.26. The van der Waals surface area contributed by atoms with E-state index in [9.17, 15) is 9.59 Å². The monoisotopic (exact) mass is 455 g/mol. The molecule has 2 amide bonds. The molecule has 0 bridgehead atoms. The number of benzene rings is 1. The maximum absolute atomic E-state index is 12.9. The number of H-pyrrole nitrogens is 1. The Bertz CT molecular complexity index is 1020. The lowest BCUT2D eigenvalue weighted by atomic mass is 9.97. The summed E-state index contributed by atoms with van der Waals surface area (Å²) in [6.07, 6.45) is 6.41. The van der Waals surface area contributed by atoms with Crippen LogP contribution in [0.3, 0.4) is 0 Å². The van der Waals surface area contributed by atoms with Gasteiger partial charge >= 0.3 is 0 Å². The smallest absolute Gasteiger partial charge is 0.272 e. The molecule has 1 aromatic carbocycles. The van der Waals surface area contributed by atoms with Gasteiger partial charge in [-0.2, -0.15) is 5.10 Å². The van der Waals surface area contributed by atoms with Gasteiger partial charge in [0.2, 0.25) is 5.91 Å². The summed E-state index contributed by atoms with van der Waals surface area (Å²) in [5.41, 5.74) is 0.781. The van der Waals surface area contributed by atoms with Crippen LogP contribution in [0.5, 0.6) is 5.75 Å². The molecule has 3 aliphatic rings. The number of aromatic nitrogens is 2. The molecule has 3 aliphatic heterocycles. The van der Waals surface area contributed by atoms with Gasteiger partial charge in [-0.25, -0.2) is 0 Å². The zero-order valence-electron chi connectivity index (χ0n) is 19.3. The van der Waals surface area contributed by atoms with Crippen molar-refractivity contribution in [1.29, 1.82) is 0 Å². The predicted octanol–water partition coefficient (Wildman–Crippen LogP) is 1.94. The minimum Gasteiger partial charge on any atom is -0.497 e. The molecule has 1 spiro atoms. The van der Waals surface area contributed by atoms with Gasteiger partial charge in [0.15, 0.2) is 5.69 Å². The van der Waals surface area contributed by atoms with Crippen LogP contribution < -0.4 is 10.1 Å². The van der Waals surface area contributed by atoms with Gasteiger partial charge in [0.05, 0.1) is 37.4 Å². The van der Waals surface area contributed by atoms with Gasteiger partial charge < -0.3 is 19.7 Å². The van der Waals surface area contributed by atoms with Crippen molar-refractivity contribution in [3.63, 3.8) is 0 Å². The lowest BCUT2D eigenvalue weighted by molar-refractivity contribution is -0.132. The van der Waals surface area contributed by atoms with Crippen molar-refractivity contribution in [1.82, 2.24) is 25.3 Å². The molecule has 2 aromatic rings. The number of ether oxygens (including phenoxy) is 2. The zero-order chi connectivity index (χ0) is 22.8. The number of nitrogens with one attached hydrogen (secondary N) is 2. The number of hydrogen-bond donors (Lipinski definition) is 2. The number of aromatic amines is 1. The van der Waals surface area contributed by atoms with Gasteiger partial charge in [-0.3, -0.25) is 19.6 Å². The van der Waals surface area contributed by atoms with Gasteiger partial charge in [0, 0.05) is 24.9 Å². The van der Waals surface area contributed by atoms with E-state index < -0.39 is 0 Å². The molecule has 9 nitrogen and oxygen atoms in total. The number of carbonyl (C=O) groups is 2. The quantitative estimate of drug-likeness (QED) is 0.715. The molecule has 2 N–H and O–H groups in total. The molecule has 3 saturated heterocycles. The fourth-order valence-electron chi connectivity index (χ4n) is 5.41. The number of hydrogen-bond acceptors (Lipinski definition) is 6. The first-order valence-electron chi connectivity index (χ1n) is 12.0. The van der Waals surface area contributed by atoms with Crippen LogP contribution >= 0.6 is 0 Å². The number of rotatable bonds is 5. The van der Waals surface area contributed by atoms with Gasteiger partial charge in [-0.1, -0.05) is 12.8 Å². The summed E-state index contributed by atoms with van der Waals surface area (Å²) in [6.45, 7) is 4.31. The van der Waals surface area contributed by atoms with Crippen LogP contribution in [-0.4, -0.2) is 89.9 Å². The van der Waals surface area contributed by atoms with Crippen LogP contribution in [0.2, 0.25) is 0 Å². The van der Waals surface area contributed by atoms with Crippen molar-refractivity contribution in [3.05, 3.63) is 23.9 Å². The van der Waals surface area contributed by atoms with Crippen LogP contribution in [0.25, 0.3) is 10.9 Å². The van der Waals surface area contributed by atoms with Crippen molar-refractivity contribution in [2.24, 2.45) is 0 Å². The normalized spacial score (nSPS) is 26.1. The molecular weight excluding hydrogens is 422 g/mol. The van der Waals surface area contributed by atoms with Crippen molar-refractivity contribution in [2.75, 3.05) is 46.4 Å². The van der Waals surface area contributed by atoms with E-state index in [1.165, 1.54) is 25.7 Å². The molecule has 0 saturated carbocycles. The SMILES string of the molecule is COc1ccc2[nH]nc(C(=O)NC3COC4(CCN(C(=O)CN5CCCCCC5)C4)C3)c2c1. The molecular formula is C24H33N5O4. The molecule has 0 aliphatic carbocycles. The molecule has 3 fully saturated rings. The first-order valence-corrected chi connectivity index (χ1v) is 12.0. The number of amides is 2. The van der Waals surface area contributed by atoms with Gasteiger partial charge in [0.25, 0.3) is 5.91 Å². The minimum atomic E-state index is -0.358. The van der Waals surface area contributed by atoms with Crippen LogP contribution in [-0.2, 0) is 9.53 Å². The van der Waals surface area contributed by atoms with Crippen LogP contribution in [0.4, 0.5) is 0 Å². The first-order chi connectivity index (χ1) is 16.0. The topological polar surface area (TPSA) is 99.8 Å². The molecule has 2 atom stereocenters. The molecule has 33 heavy (non-hydrogen) atoms. The second-order valence-corrected chi connectivity index (χ2v) is 9.61. The predicted molar refractivity (Wildman–Crippen MR) is 123 cm³/mol. The Labute approximate surface area is 193 Å². The fourth-order valence-corrected chi connectivity index (χ4v) is 5.41. The Morgan fingerprint density at radius 1 is 1.24 bits per heavy atom. The lowest BCUT2D eigenvalue weighted by Gasteiger charge is -2.26. The molecule has 178 valence electrons. The summed E-state index contributed by atoms with van der Waals surface area (Å²) < 4.78 is 11.5. The van der Waals surface area contributed by atoms with Gasteiger partial charge in [-0.15, -0.1) is 0 Å². The molecule has 5 rings (SSSR count). The summed E-state index contributed by atoms with van der Waals surface area (Å²) in [4.78, 5) is 30.1. The number of carbonyl (C=O) groups excluding carboxylic acids is 2. The van der Waals surface area contributed by atoms with Crippen molar-refractivity contribution < 1.29 is 19.1 Å². The summed E-state index contributed by atoms with van der Waals surface area (Å²) >= 11 is 0. The lowest BCUT2D eigenvalue weighted by Crippen LogP contribution is -2.42. The molecule has 4 heterocycles. The number of methoxy groups -OCH3 is 1. The van der Waals surface area contributed by atoms with Crippen LogP contribution in [0.1, 0.15) is 49.0 Å². The summed E-state index contributed by atoms with van der Waals surface area (Å²) in [5, 5.41) is 10.9. The van der Waals surface area contributed by atoms with Crippen molar-refractivity contribution >= 4 is 22.7 Å². The highest BCUT2D eigenvalue weighted by Gasteiger charge is 2.47. The number of nitrogens with zero attached hydrogens (tertiary/aromatic N) is 3. The first kappa shape index (κ1) is 22.2. The summed E-state index contributed by atoms with van der Waals surface area (Å²) in [6, 6.07) is 5.39. The summed E-state index contributed by atoms with van der Waals surface area (Å²) in [5.74, 6) is 0.644. The van der Waals surface area contributed by atoms with Gasteiger partial charge in [-0.05, 0) is 50.6 Å². The minimum absolute atomic E-state index is 0.101. The average molecular weight is 456 g/mol. The average Bonchev–Trinajstić information content (AvgIpc) is 3.49. The van der Waals surface area contributed by atoms with E-state index in [4.69, 9.17) is 9.47 Å². The van der Waals surface area contributed by atoms with Crippen molar-refractivity contribution in [2.45, 2.75) is 50.2 Å². The van der Waals surface area contributed by atoms with E-state index in [0.717, 1.165) is 37.0 Å². The maximum atomic E-state index is 12.9. The van der Waals surface area contributed by atoms with Crippen LogP contribution in [0.15, 0.2) is 18.2 Å². The third kappa shape index (κ3) is 4.70. The highest BCUT2D eigenvalue weighted by molar-refractivity contribution is 6.05. The highest BCUT2D eigenvalue weighted by Crippen LogP contribution is 2.35.